The van der Waals surface area contributed by atoms with E-state index in [-0.39, 0.29) is 45.5 Å². The fourth-order valence-corrected chi connectivity index (χ4v) is 13.9. The molecular weight excluding hydrogens is 942 g/mol. The molecule has 3 aromatic rings. The summed E-state index contributed by atoms with van der Waals surface area (Å²) in [7, 11) is 0. The number of ether oxygens (including phenoxy) is 6. The van der Waals surface area contributed by atoms with E-state index in [9.17, 15) is 29.1 Å². The zero-order valence-corrected chi connectivity index (χ0v) is 33.1. The first-order valence-electron chi connectivity index (χ1n) is 17.1. The fourth-order valence-electron chi connectivity index (χ4n) is 6.68. The fraction of sp³-hybridized carbons (Fsp3) is 0.395. The van der Waals surface area contributed by atoms with E-state index in [0.717, 1.165) is 19.3 Å². The van der Waals surface area contributed by atoms with Gasteiger partial charge >= 0.3 is 29.8 Å². The van der Waals surface area contributed by atoms with Crippen LogP contribution in [0.25, 0.3) is 0 Å². The molecule has 5 atom stereocenters. The second-order valence-electron chi connectivity index (χ2n) is 12.9. The van der Waals surface area contributed by atoms with Crippen LogP contribution in [0.5, 0.6) is 0 Å². The molecule has 0 aliphatic carbocycles. The van der Waals surface area contributed by atoms with E-state index in [1.807, 2.05) is 35.3 Å². The van der Waals surface area contributed by atoms with E-state index >= 15 is 0 Å². The van der Waals surface area contributed by atoms with Crippen molar-refractivity contribution in [3.63, 3.8) is 0 Å². The summed E-state index contributed by atoms with van der Waals surface area (Å²) in [6.45, 7) is -0.772. The van der Waals surface area contributed by atoms with Crippen molar-refractivity contribution >= 4 is 65.1 Å². The minimum Gasteiger partial charge on any atom is -0.459 e. The topological polar surface area (TPSA) is 161 Å². The number of aliphatic hydroxyl groups excluding tert-OH is 1. The number of carbonyl (C=O) groups is 5. The summed E-state index contributed by atoms with van der Waals surface area (Å²) in [5, 5.41) is 10.5. The number of hydrogen-bond acceptors (Lipinski definition) is 15. The Bertz CT molecular complexity index is 1770. The summed E-state index contributed by atoms with van der Waals surface area (Å²) >= 11 is 5.74. The maximum Gasteiger partial charge on any atom is 0.338 e. The van der Waals surface area contributed by atoms with Gasteiger partial charge in [0.05, 0.1) is 49.9 Å². The molecule has 8 rings (SSSR count). The predicted octanol–water partition coefficient (Wildman–Crippen LogP) is 5.37. The number of aliphatic hydroxyl groups is 1. The first-order chi connectivity index (χ1) is 25.7. The quantitative estimate of drug-likeness (QED) is 0.140. The summed E-state index contributed by atoms with van der Waals surface area (Å²) in [5.74, 6) is -4.02. The molecule has 5 heterocycles. The van der Waals surface area contributed by atoms with E-state index in [2.05, 4.69) is 0 Å². The van der Waals surface area contributed by atoms with Crippen LogP contribution in [0, 0.1) is 0 Å². The van der Waals surface area contributed by atoms with E-state index in [1.54, 1.807) is 54.6 Å². The molecule has 0 spiro atoms. The Balaban J connectivity index is 0.00000497. The van der Waals surface area contributed by atoms with Crippen LogP contribution < -0.4 is 0 Å². The third kappa shape index (κ3) is 9.56. The number of carbonyl (C=O) groups excluding carboxylic acids is 5. The Kier molecular flexibility index (Phi) is 13.5. The average Bonchev–Trinajstić information content (AvgIpc) is 3.16. The minimum absolute atomic E-state index is 0. The smallest absolute Gasteiger partial charge is 0.338 e. The van der Waals surface area contributed by atoms with Gasteiger partial charge in [-0.3, -0.25) is 9.59 Å². The van der Waals surface area contributed by atoms with Gasteiger partial charge in [0.1, 0.15) is 11.7 Å². The molecule has 3 aromatic carbocycles. The normalized spacial score (nSPS) is 29.2. The number of thioether (sulfide) groups is 3. The molecule has 5 saturated heterocycles. The third-order valence-electron chi connectivity index (χ3n) is 9.17. The maximum atomic E-state index is 13.5. The monoisotopic (exact) mass is 977 g/mol. The largest absolute Gasteiger partial charge is 0.459 e. The van der Waals surface area contributed by atoms with Crippen molar-refractivity contribution in [2.45, 2.75) is 82.2 Å². The SMILES string of the molecule is O=C(CCC(=O)OC12CC3SC(C1)SC(C2)S3)OC1OC(CO)C(OC(=O)c2ccccc2)C(OC(=O)c2ccccc2)C1OC(=O)c1ccccc1.[Au]. The van der Waals surface area contributed by atoms with Crippen LogP contribution in [-0.4, -0.2) is 91.6 Å². The number of benzene rings is 3. The van der Waals surface area contributed by atoms with Crippen LogP contribution in [0.2, 0.25) is 0 Å². The van der Waals surface area contributed by atoms with E-state index < -0.39 is 79.2 Å². The summed E-state index contributed by atoms with van der Waals surface area (Å²) in [6, 6.07) is 23.8. The molecule has 0 amide bonds. The van der Waals surface area contributed by atoms with Gasteiger partial charge in [-0.15, -0.1) is 35.3 Å². The van der Waals surface area contributed by atoms with Gasteiger partial charge in [0.15, 0.2) is 12.2 Å². The first kappa shape index (κ1) is 40.4. The van der Waals surface area contributed by atoms with Crippen molar-refractivity contribution in [3.05, 3.63) is 108 Å². The van der Waals surface area contributed by atoms with Crippen molar-refractivity contribution in [3.8, 4) is 0 Å². The van der Waals surface area contributed by atoms with E-state index in [0.29, 0.717) is 13.7 Å². The molecule has 12 nitrogen and oxygen atoms in total. The van der Waals surface area contributed by atoms with Crippen molar-refractivity contribution in [2.24, 2.45) is 0 Å². The van der Waals surface area contributed by atoms with Crippen molar-refractivity contribution < 1.29 is 79.9 Å². The van der Waals surface area contributed by atoms with E-state index in [1.165, 1.54) is 36.4 Å². The molecule has 289 valence electrons. The zero-order valence-electron chi connectivity index (χ0n) is 28.5. The molecule has 0 aromatic heterocycles. The Morgan fingerprint density at radius 3 is 1.44 bits per heavy atom. The molecule has 1 radical (unpaired) electrons. The van der Waals surface area contributed by atoms with Crippen LogP contribution in [0.4, 0.5) is 0 Å². The Morgan fingerprint density at radius 2 is 1.00 bits per heavy atom. The van der Waals surface area contributed by atoms with E-state index in [4.69, 9.17) is 28.4 Å². The number of esters is 5. The summed E-state index contributed by atoms with van der Waals surface area (Å²) < 4.78 is 36.3. The number of rotatable bonds is 12. The van der Waals surface area contributed by atoms with Gasteiger partial charge < -0.3 is 33.5 Å². The van der Waals surface area contributed by atoms with Gasteiger partial charge in [0, 0.05) is 41.6 Å². The van der Waals surface area contributed by atoms with Crippen LogP contribution >= 0.6 is 35.3 Å². The average molecular weight is 978 g/mol. The second-order valence-corrected chi connectivity index (χ2v) is 18.0. The summed E-state index contributed by atoms with van der Waals surface area (Å²) in [6.07, 6.45) is -6.41. The number of hydrogen-bond donors (Lipinski definition) is 1. The summed E-state index contributed by atoms with van der Waals surface area (Å²) in [5.41, 5.74) is -0.138. The van der Waals surface area contributed by atoms with Crippen LogP contribution in [0.1, 0.15) is 63.2 Å². The zero-order chi connectivity index (χ0) is 37.0. The molecule has 5 fully saturated rings. The van der Waals surface area contributed by atoms with Gasteiger partial charge in [-0.05, 0) is 36.4 Å². The molecule has 16 heteroatoms. The van der Waals surface area contributed by atoms with Gasteiger partial charge in [0.25, 0.3) is 0 Å². The van der Waals surface area contributed by atoms with Crippen molar-refractivity contribution in [1.82, 2.24) is 0 Å². The van der Waals surface area contributed by atoms with Gasteiger partial charge in [0.2, 0.25) is 12.4 Å². The van der Waals surface area contributed by atoms with Gasteiger partial charge in [-0.1, -0.05) is 54.6 Å². The predicted molar refractivity (Wildman–Crippen MR) is 195 cm³/mol. The molecular formula is C38H36AuO12S3. The molecule has 4 bridgehead atoms. The molecule has 5 aliphatic rings. The van der Waals surface area contributed by atoms with Gasteiger partial charge in [-0.25, -0.2) is 14.4 Å². The third-order valence-corrected chi connectivity index (χ3v) is 14.0. The Morgan fingerprint density at radius 1 is 0.593 bits per heavy atom. The molecule has 1 N–H and O–H groups in total. The standard InChI is InChI=1S/C38H36O12S3.Au/c39-21-25-31(47-34(42)22-10-4-1-5-11-22)32(48-35(43)23-12-6-2-7-13-23)33(49-36(44)24-14-8-3-9-15-24)37(45-25)46-26(40)16-17-27(41)50-38-18-28-51-29(19-38)53-30(20-38)52-28;/h1-15,25,28-33,37,39H,16-21H2;. The Hall–Kier alpha value is -3.28. The first-order valence-corrected chi connectivity index (χ1v) is 19.9. The molecule has 5 unspecified atom stereocenters. The molecule has 5 aliphatic heterocycles. The van der Waals surface area contributed by atoms with Crippen molar-refractivity contribution in [2.75, 3.05) is 6.61 Å². The second kappa shape index (κ2) is 18.1. The summed E-state index contributed by atoms with van der Waals surface area (Å²) in [4.78, 5) is 66.7. The minimum atomic E-state index is -1.75. The van der Waals surface area contributed by atoms with Crippen LogP contribution in [-0.2, 0) is 60.4 Å². The maximum absolute atomic E-state index is 13.5. The molecule has 0 saturated carbocycles. The Labute approximate surface area is 339 Å². The van der Waals surface area contributed by atoms with Gasteiger partial charge in [-0.2, -0.15) is 0 Å². The van der Waals surface area contributed by atoms with Crippen molar-refractivity contribution in [1.29, 1.82) is 0 Å². The van der Waals surface area contributed by atoms with Crippen LogP contribution in [0.3, 0.4) is 0 Å². The molecule has 54 heavy (non-hydrogen) atoms. The van der Waals surface area contributed by atoms with Crippen LogP contribution in [0.15, 0.2) is 91.0 Å².